The summed E-state index contributed by atoms with van der Waals surface area (Å²) in [5, 5.41) is 0. The Bertz CT molecular complexity index is 509. The van der Waals surface area contributed by atoms with E-state index < -0.39 is 0 Å². The molecule has 19 heavy (non-hydrogen) atoms. The van der Waals surface area contributed by atoms with Crippen LogP contribution in [0.15, 0.2) is 36.4 Å². The van der Waals surface area contributed by atoms with Crippen molar-refractivity contribution in [1.29, 1.82) is 0 Å². The number of rotatable bonds is 6. The standard InChI is InChI=1S/C15H18ClNOS/c1-2-12(17)9-11-3-5-13(6-4-11)18-10-14-7-8-15(16)19-14/h3-8,12H,2,9-10,17H2,1H3. The number of hydrogen-bond donors (Lipinski definition) is 1. The Morgan fingerprint density at radius 3 is 2.53 bits per heavy atom. The number of hydrogen-bond acceptors (Lipinski definition) is 3. The van der Waals surface area contributed by atoms with Gasteiger partial charge in [-0.05, 0) is 42.7 Å². The summed E-state index contributed by atoms with van der Waals surface area (Å²) in [5.74, 6) is 0.873. The molecule has 0 amide bonds. The highest BCUT2D eigenvalue weighted by molar-refractivity contribution is 7.16. The van der Waals surface area contributed by atoms with Crippen LogP contribution in [-0.4, -0.2) is 6.04 Å². The lowest BCUT2D eigenvalue weighted by molar-refractivity contribution is 0.309. The van der Waals surface area contributed by atoms with Gasteiger partial charge in [0.15, 0.2) is 0 Å². The normalized spacial score (nSPS) is 12.4. The van der Waals surface area contributed by atoms with Crippen LogP contribution in [0.1, 0.15) is 23.8 Å². The van der Waals surface area contributed by atoms with Crippen LogP contribution in [0.3, 0.4) is 0 Å². The quantitative estimate of drug-likeness (QED) is 0.864. The monoisotopic (exact) mass is 295 g/mol. The average molecular weight is 296 g/mol. The molecule has 0 saturated heterocycles. The first-order chi connectivity index (χ1) is 9.17. The topological polar surface area (TPSA) is 35.2 Å². The highest BCUT2D eigenvalue weighted by atomic mass is 35.5. The van der Waals surface area contributed by atoms with E-state index in [2.05, 4.69) is 19.1 Å². The fourth-order valence-corrected chi connectivity index (χ4v) is 2.75. The van der Waals surface area contributed by atoms with E-state index in [1.165, 1.54) is 5.56 Å². The molecule has 2 nitrogen and oxygen atoms in total. The van der Waals surface area contributed by atoms with Crippen LogP contribution in [0.2, 0.25) is 4.34 Å². The number of nitrogens with two attached hydrogens (primary N) is 1. The summed E-state index contributed by atoms with van der Waals surface area (Å²) in [6, 6.07) is 12.3. The third kappa shape index (κ3) is 4.53. The van der Waals surface area contributed by atoms with Gasteiger partial charge in [-0.3, -0.25) is 0 Å². The van der Waals surface area contributed by atoms with E-state index in [1.54, 1.807) is 11.3 Å². The van der Waals surface area contributed by atoms with Gasteiger partial charge < -0.3 is 10.5 Å². The predicted molar refractivity (Wildman–Crippen MR) is 82.1 cm³/mol. The first kappa shape index (κ1) is 14.4. The zero-order chi connectivity index (χ0) is 13.7. The predicted octanol–water partition coefficient (Wildman–Crippen LogP) is 4.26. The lowest BCUT2D eigenvalue weighted by Crippen LogP contribution is -2.21. The minimum atomic E-state index is 0.236. The maximum absolute atomic E-state index is 5.94. The number of halogens is 1. The Morgan fingerprint density at radius 1 is 1.21 bits per heavy atom. The van der Waals surface area contributed by atoms with E-state index in [1.807, 2.05) is 24.3 Å². The number of thiophene rings is 1. The van der Waals surface area contributed by atoms with Crippen molar-refractivity contribution in [2.75, 3.05) is 0 Å². The van der Waals surface area contributed by atoms with Gasteiger partial charge in [0.2, 0.25) is 0 Å². The molecule has 0 bridgehead atoms. The van der Waals surface area contributed by atoms with E-state index >= 15 is 0 Å². The molecule has 1 heterocycles. The summed E-state index contributed by atoms with van der Waals surface area (Å²) >= 11 is 7.42. The Hall–Kier alpha value is -1.03. The molecule has 2 aromatic rings. The van der Waals surface area contributed by atoms with Gasteiger partial charge in [0.25, 0.3) is 0 Å². The van der Waals surface area contributed by atoms with Crippen molar-refractivity contribution in [3.63, 3.8) is 0 Å². The largest absolute Gasteiger partial charge is 0.488 e. The molecule has 1 atom stereocenters. The first-order valence-corrected chi connectivity index (χ1v) is 7.58. The van der Waals surface area contributed by atoms with Gasteiger partial charge in [-0.2, -0.15) is 0 Å². The molecular formula is C15H18ClNOS. The molecule has 0 saturated carbocycles. The Morgan fingerprint density at radius 2 is 1.95 bits per heavy atom. The van der Waals surface area contributed by atoms with Crippen LogP contribution in [0.25, 0.3) is 0 Å². The van der Waals surface area contributed by atoms with E-state index in [9.17, 15) is 0 Å². The molecule has 1 unspecified atom stereocenters. The molecule has 0 spiro atoms. The molecular weight excluding hydrogens is 278 g/mol. The number of ether oxygens (including phenoxy) is 1. The molecule has 0 aliphatic heterocycles. The molecule has 2 rings (SSSR count). The zero-order valence-electron chi connectivity index (χ0n) is 10.9. The van der Waals surface area contributed by atoms with Gasteiger partial charge in [0, 0.05) is 10.9 Å². The molecule has 2 N–H and O–H groups in total. The third-order valence-corrected chi connectivity index (χ3v) is 4.16. The van der Waals surface area contributed by atoms with Crippen LogP contribution >= 0.6 is 22.9 Å². The van der Waals surface area contributed by atoms with E-state index in [0.29, 0.717) is 6.61 Å². The Kier molecular flexibility index (Phi) is 5.25. The van der Waals surface area contributed by atoms with Crippen molar-refractivity contribution in [3.8, 4) is 5.75 Å². The smallest absolute Gasteiger partial charge is 0.122 e. The molecule has 0 aliphatic rings. The van der Waals surface area contributed by atoms with Gasteiger partial charge >= 0.3 is 0 Å². The molecule has 1 aromatic heterocycles. The second kappa shape index (κ2) is 6.94. The minimum Gasteiger partial charge on any atom is -0.488 e. The summed E-state index contributed by atoms with van der Waals surface area (Å²) in [4.78, 5) is 1.13. The Balaban J connectivity index is 1.88. The van der Waals surface area contributed by atoms with Gasteiger partial charge in [0.05, 0.1) is 4.34 Å². The maximum Gasteiger partial charge on any atom is 0.122 e. The summed E-state index contributed by atoms with van der Waals surface area (Å²) < 4.78 is 6.51. The van der Waals surface area contributed by atoms with Crippen molar-refractivity contribution in [2.24, 2.45) is 5.73 Å². The Labute approximate surface area is 123 Å². The van der Waals surface area contributed by atoms with Gasteiger partial charge in [-0.15, -0.1) is 11.3 Å². The first-order valence-electron chi connectivity index (χ1n) is 6.39. The van der Waals surface area contributed by atoms with Crippen molar-refractivity contribution < 1.29 is 4.74 Å². The molecule has 0 radical (unpaired) electrons. The second-order valence-corrected chi connectivity index (χ2v) is 6.31. The summed E-state index contributed by atoms with van der Waals surface area (Å²) in [6.45, 7) is 2.67. The minimum absolute atomic E-state index is 0.236. The molecule has 1 aromatic carbocycles. The third-order valence-electron chi connectivity index (χ3n) is 2.96. The summed E-state index contributed by atoms with van der Waals surface area (Å²) in [7, 11) is 0. The highest BCUT2D eigenvalue weighted by Crippen LogP contribution is 2.23. The lowest BCUT2D eigenvalue weighted by atomic mass is 10.0. The van der Waals surface area contributed by atoms with Crippen LogP contribution < -0.4 is 10.5 Å². The van der Waals surface area contributed by atoms with Crippen molar-refractivity contribution in [3.05, 3.63) is 51.2 Å². The summed E-state index contributed by atoms with van der Waals surface area (Å²) in [5.41, 5.74) is 7.19. The van der Waals surface area contributed by atoms with Crippen molar-refractivity contribution >= 4 is 22.9 Å². The molecule has 0 aliphatic carbocycles. The fourth-order valence-electron chi connectivity index (χ4n) is 1.75. The highest BCUT2D eigenvalue weighted by Gasteiger charge is 2.03. The SMILES string of the molecule is CCC(N)Cc1ccc(OCc2ccc(Cl)s2)cc1. The van der Waals surface area contributed by atoms with Gasteiger partial charge in [0.1, 0.15) is 12.4 Å². The van der Waals surface area contributed by atoms with Crippen molar-refractivity contribution in [2.45, 2.75) is 32.4 Å². The van der Waals surface area contributed by atoms with E-state index in [0.717, 1.165) is 27.8 Å². The average Bonchev–Trinajstić information content (AvgIpc) is 2.83. The molecule has 4 heteroatoms. The van der Waals surface area contributed by atoms with Crippen molar-refractivity contribution in [1.82, 2.24) is 0 Å². The van der Waals surface area contributed by atoms with Crippen LogP contribution in [-0.2, 0) is 13.0 Å². The van der Waals surface area contributed by atoms with E-state index in [4.69, 9.17) is 22.1 Å². The van der Waals surface area contributed by atoms with Crippen LogP contribution in [0.4, 0.5) is 0 Å². The number of benzene rings is 1. The second-order valence-electron chi connectivity index (χ2n) is 4.51. The molecule has 102 valence electrons. The molecule has 0 fully saturated rings. The maximum atomic E-state index is 5.94. The lowest BCUT2D eigenvalue weighted by Gasteiger charge is -2.09. The zero-order valence-corrected chi connectivity index (χ0v) is 12.5. The van der Waals surface area contributed by atoms with Gasteiger partial charge in [-0.25, -0.2) is 0 Å². The fraction of sp³-hybridized carbons (Fsp3) is 0.333. The van der Waals surface area contributed by atoms with Crippen LogP contribution in [0, 0.1) is 0 Å². The van der Waals surface area contributed by atoms with Gasteiger partial charge in [-0.1, -0.05) is 30.7 Å². The van der Waals surface area contributed by atoms with E-state index in [-0.39, 0.29) is 6.04 Å². The van der Waals surface area contributed by atoms with Crippen LogP contribution in [0.5, 0.6) is 5.75 Å². The summed E-state index contributed by atoms with van der Waals surface area (Å²) in [6.07, 6.45) is 1.91.